The molecule has 120 valence electrons. The molecule has 2 aromatic rings. The van der Waals surface area contributed by atoms with E-state index in [4.69, 9.17) is 0 Å². The van der Waals surface area contributed by atoms with Crippen LogP contribution in [0.25, 0.3) is 0 Å². The van der Waals surface area contributed by atoms with Gasteiger partial charge in [0.2, 0.25) is 0 Å². The number of nitrogens with one attached hydrogen (secondary N) is 1. The monoisotopic (exact) mass is 311 g/mol. The van der Waals surface area contributed by atoms with Gasteiger partial charge >= 0.3 is 0 Å². The van der Waals surface area contributed by atoms with Crippen molar-refractivity contribution < 1.29 is 4.39 Å². The minimum absolute atomic E-state index is 0.146. The van der Waals surface area contributed by atoms with E-state index in [1.807, 2.05) is 12.1 Å². The fraction of sp³-hybridized carbons (Fsp3) is 0.368. The number of nitrogens with zero attached hydrogens (tertiary/aromatic N) is 2. The highest BCUT2D eigenvalue weighted by molar-refractivity contribution is 5.57. The highest BCUT2D eigenvalue weighted by atomic mass is 19.1. The zero-order chi connectivity index (χ0) is 15.6. The van der Waals surface area contributed by atoms with Gasteiger partial charge in [-0.25, -0.2) is 4.39 Å². The normalized spacial score (nSPS) is 25.3. The van der Waals surface area contributed by atoms with Crippen LogP contribution in [0.5, 0.6) is 0 Å². The summed E-state index contributed by atoms with van der Waals surface area (Å²) in [5.41, 5.74) is 2.42. The van der Waals surface area contributed by atoms with E-state index in [2.05, 4.69) is 63.6 Å². The van der Waals surface area contributed by atoms with Gasteiger partial charge in [0.15, 0.2) is 0 Å². The molecule has 0 radical (unpaired) electrons. The van der Waals surface area contributed by atoms with Crippen LogP contribution < -0.4 is 15.1 Å². The number of rotatable bonds is 3. The SMILES string of the molecule is F[C@@H]1CN[C@H](C2N(c3ccccc3)CCN2c2ccccc2)C1. The summed E-state index contributed by atoms with van der Waals surface area (Å²) in [6, 6.07) is 21.1. The third kappa shape index (κ3) is 2.79. The molecule has 3 nitrogen and oxygen atoms in total. The zero-order valence-corrected chi connectivity index (χ0v) is 13.1. The number of benzene rings is 2. The van der Waals surface area contributed by atoms with Crippen molar-refractivity contribution in [1.29, 1.82) is 0 Å². The minimum Gasteiger partial charge on any atom is -0.348 e. The molecule has 0 bridgehead atoms. The van der Waals surface area contributed by atoms with Crippen molar-refractivity contribution in [2.75, 3.05) is 29.4 Å². The summed E-state index contributed by atoms with van der Waals surface area (Å²) in [5, 5.41) is 3.39. The average molecular weight is 311 g/mol. The van der Waals surface area contributed by atoms with Crippen molar-refractivity contribution >= 4 is 11.4 Å². The van der Waals surface area contributed by atoms with Crippen molar-refractivity contribution in [2.24, 2.45) is 0 Å². The van der Waals surface area contributed by atoms with E-state index >= 15 is 0 Å². The molecule has 2 saturated heterocycles. The van der Waals surface area contributed by atoms with Crippen LogP contribution >= 0.6 is 0 Å². The number of hydrogen-bond donors (Lipinski definition) is 1. The Morgan fingerprint density at radius 2 is 1.35 bits per heavy atom. The Hall–Kier alpha value is -2.07. The fourth-order valence-corrected chi connectivity index (χ4v) is 3.83. The Kier molecular flexibility index (Phi) is 3.92. The second-order valence-corrected chi connectivity index (χ2v) is 6.32. The molecule has 2 atom stereocenters. The average Bonchev–Trinajstić information content (AvgIpc) is 3.22. The Balaban J connectivity index is 1.67. The highest BCUT2D eigenvalue weighted by Crippen LogP contribution is 2.32. The molecule has 4 rings (SSSR count). The minimum atomic E-state index is -0.740. The molecular weight excluding hydrogens is 289 g/mol. The van der Waals surface area contributed by atoms with Gasteiger partial charge in [0.25, 0.3) is 0 Å². The lowest BCUT2D eigenvalue weighted by Gasteiger charge is -2.37. The molecule has 23 heavy (non-hydrogen) atoms. The maximum absolute atomic E-state index is 13.8. The van der Waals surface area contributed by atoms with E-state index in [9.17, 15) is 4.39 Å². The molecule has 2 fully saturated rings. The van der Waals surface area contributed by atoms with Crippen molar-refractivity contribution in [3.8, 4) is 0 Å². The Morgan fingerprint density at radius 1 is 0.826 bits per heavy atom. The van der Waals surface area contributed by atoms with Gasteiger partial charge in [0.05, 0.1) is 0 Å². The summed E-state index contributed by atoms with van der Waals surface area (Å²) >= 11 is 0. The number of alkyl halides is 1. The van der Waals surface area contributed by atoms with Crippen LogP contribution in [-0.4, -0.2) is 38.0 Å². The van der Waals surface area contributed by atoms with Crippen LogP contribution in [0, 0.1) is 0 Å². The lowest BCUT2D eigenvalue weighted by molar-refractivity contribution is 0.349. The lowest BCUT2D eigenvalue weighted by Crippen LogP contribution is -2.51. The molecule has 0 spiro atoms. The van der Waals surface area contributed by atoms with E-state index in [1.165, 1.54) is 11.4 Å². The van der Waals surface area contributed by atoms with E-state index in [0.717, 1.165) is 13.1 Å². The molecule has 2 aliphatic rings. The molecule has 0 saturated carbocycles. The number of anilines is 2. The second-order valence-electron chi connectivity index (χ2n) is 6.32. The molecule has 1 N–H and O–H groups in total. The van der Waals surface area contributed by atoms with Gasteiger partial charge in [-0.2, -0.15) is 0 Å². The first-order chi connectivity index (χ1) is 11.3. The highest BCUT2D eigenvalue weighted by Gasteiger charge is 2.41. The van der Waals surface area contributed by atoms with Crippen LogP contribution in [0.2, 0.25) is 0 Å². The third-order valence-corrected chi connectivity index (χ3v) is 4.87. The summed E-state index contributed by atoms with van der Waals surface area (Å²) in [5.74, 6) is 0. The molecular formula is C19H22FN3. The zero-order valence-electron chi connectivity index (χ0n) is 13.1. The van der Waals surface area contributed by atoms with Crippen molar-refractivity contribution in [1.82, 2.24) is 5.32 Å². The molecule has 0 aromatic heterocycles. The molecule has 2 heterocycles. The second kappa shape index (κ2) is 6.20. The summed E-state index contributed by atoms with van der Waals surface area (Å²) < 4.78 is 13.8. The Morgan fingerprint density at radius 3 is 1.78 bits per heavy atom. The van der Waals surface area contributed by atoms with Crippen molar-refractivity contribution in [3.63, 3.8) is 0 Å². The third-order valence-electron chi connectivity index (χ3n) is 4.87. The maximum atomic E-state index is 13.8. The summed E-state index contributed by atoms with van der Waals surface area (Å²) in [6.45, 7) is 2.38. The number of halogens is 1. The van der Waals surface area contributed by atoms with Gasteiger partial charge in [0, 0.05) is 37.1 Å². The van der Waals surface area contributed by atoms with E-state index in [1.54, 1.807) is 0 Å². The number of para-hydroxylation sites is 2. The van der Waals surface area contributed by atoms with Crippen LogP contribution in [0.4, 0.5) is 15.8 Å². The quantitative estimate of drug-likeness (QED) is 0.940. The van der Waals surface area contributed by atoms with Crippen molar-refractivity contribution in [2.45, 2.75) is 24.8 Å². The predicted octanol–water partition coefficient (Wildman–Crippen LogP) is 3.04. The summed E-state index contributed by atoms with van der Waals surface area (Å²) in [6.07, 6.45) is -0.00598. The predicted molar refractivity (Wildman–Crippen MR) is 92.7 cm³/mol. The standard InChI is InChI=1S/C19H22FN3/c20-15-13-18(21-14-15)19-22(16-7-3-1-4-8-16)11-12-23(19)17-9-5-2-6-10-17/h1-10,15,18-19,21H,11-14H2/t15-,18-/m0/s1. The Bertz CT molecular complexity index is 586. The topological polar surface area (TPSA) is 18.5 Å². The number of hydrogen-bond acceptors (Lipinski definition) is 3. The van der Waals surface area contributed by atoms with Crippen LogP contribution in [0.1, 0.15) is 6.42 Å². The first-order valence-electron chi connectivity index (χ1n) is 8.34. The van der Waals surface area contributed by atoms with Gasteiger partial charge in [-0.05, 0) is 30.7 Å². The lowest BCUT2D eigenvalue weighted by atomic mass is 10.1. The van der Waals surface area contributed by atoms with Gasteiger partial charge in [0.1, 0.15) is 12.3 Å². The first-order valence-corrected chi connectivity index (χ1v) is 8.34. The Labute approximate surface area is 136 Å². The fourth-order valence-electron chi connectivity index (χ4n) is 3.83. The largest absolute Gasteiger partial charge is 0.348 e. The maximum Gasteiger partial charge on any atom is 0.117 e. The van der Waals surface area contributed by atoms with Gasteiger partial charge in [-0.3, -0.25) is 0 Å². The van der Waals surface area contributed by atoms with Crippen LogP contribution in [0.3, 0.4) is 0 Å². The van der Waals surface area contributed by atoms with Gasteiger partial charge < -0.3 is 15.1 Å². The smallest absolute Gasteiger partial charge is 0.117 e. The van der Waals surface area contributed by atoms with Crippen LogP contribution in [0.15, 0.2) is 60.7 Å². The van der Waals surface area contributed by atoms with Crippen LogP contribution in [-0.2, 0) is 0 Å². The van der Waals surface area contributed by atoms with E-state index < -0.39 is 6.17 Å². The molecule has 0 unspecified atom stereocenters. The molecule has 2 aromatic carbocycles. The van der Waals surface area contributed by atoms with Crippen molar-refractivity contribution in [3.05, 3.63) is 60.7 Å². The van der Waals surface area contributed by atoms with Gasteiger partial charge in [-0.1, -0.05) is 36.4 Å². The molecule has 4 heteroatoms. The summed E-state index contributed by atoms with van der Waals surface area (Å²) in [7, 11) is 0. The molecule has 2 aliphatic heterocycles. The molecule has 0 aliphatic carbocycles. The first kappa shape index (κ1) is 14.5. The van der Waals surface area contributed by atoms with E-state index in [0.29, 0.717) is 13.0 Å². The molecule has 0 amide bonds. The van der Waals surface area contributed by atoms with E-state index in [-0.39, 0.29) is 12.2 Å². The van der Waals surface area contributed by atoms with Gasteiger partial charge in [-0.15, -0.1) is 0 Å². The summed E-state index contributed by atoms with van der Waals surface area (Å²) in [4.78, 5) is 4.81.